The number of hydrogen-bond acceptors (Lipinski definition) is 0. The first-order valence-electron chi connectivity index (χ1n) is 3.30. The monoisotopic (exact) mass is 231 g/mol. The number of rotatable bonds is 0. The SMILES string of the molecule is Fc1cc(F)c2[nH]ccc2c1Br. The number of aromatic nitrogens is 1. The third kappa shape index (κ3) is 0.948. The van der Waals surface area contributed by atoms with Crippen LogP contribution in [0.15, 0.2) is 22.8 Å². The molecule has 62 valence electrons. The predicted molar refractivity (Wildman–Crippen MR) is 45.9 cm³/mol. The molecule has 0 saturated carbocycles. The van der Waals surface area contributed by atoms with Gasteiger partial charge < -0.3 is 4.98 Å². The van der Waals surface area contributed by atoms with Crippen LogP contribution in [0.4, 0.5) is 8.78 Å². The van der Waals surface area contributed by atoms with E-state index in [1.165, 1.54) is 0 Å². The highest BCUT2D eigenvalue weighted by Gasteiger charge is 2.09. The Kier molecular flexibility index (Phi) is 1.65. The fourth-order valence-electron chi connectivity index (χ4n) is 1.13. The van der Waals surface area contributed by atoms with Gasteiger partial charge in [-0.05, 0) is 22.0 Å². The second kappa shape index (κ2) is 2.55. The first-order valence-corrected chi connectivity index (χ1v) is 4.10. The van der Waals surface area contributed by atoms with Gasteiger partial charge >= 0.3 is 0 Å². The van der Waals surface area contributed by atoms with E-state index in [0.29, 0.717) is 15.4 Å². The summed E-state index contributed by atoms with van der Waals surface area (Å²) in [4.78, 5) is 2.68. The molecule has 0 fully saturated rings. The molecule has 0 unspecified atom stereocenters. The van der Waals surface area contributed by atoms with Crippen LogP contribution in [-0.4, -0.2) is 4.98 Å². The molecule has 2 rings (SSSR count). The Bertz CT molecular complexity index is 436. The number of fused-ring (bicyclic) bond motifs is 1. The molecule has 0 amide bonds. The molecular weight excluding hydrogens is 228 g/mol. The Morgan fingerprint density at radius 1 is 1.25 bits per heavy atom. The van der Waals surface area contributed by atoms with E-state index in [1.807, 2.05) is 0 Å². The first kappa shape index (κ1) is 7.73. The molecule has 1 aromatic heterocycles. The number of halogens is 3. The number of nitrogens with one attached hydrogen (secondary N) is 1. The first-order chi connectivity index (χ1) is 5.70. The molecule has 0 atom stereocenters. The maximum Gasteiger partial charge on any atom is 0.150 e. The highest BCUT2D eigenvalue weighted by molar-refractivity contribution is 9.10. The summed E-state index contributed by atoms with van der Waals surface area (Å²) >= 11 is 3.03. The summed E-state index contributed by atoms with van der Waals surface area (Å²) < 4.78 is 26.1. The summed E-state index contributed by atoms with van der Waals surface area (Å²) in [6.45, 7) is 0. The quantitative estimate of drug-likeness (QED) is 0.671. The van der Waals surface area contributed by atoms with E-state index in [9.17, 15) is 8.78 Å². The van der Waals surface area contributed by atoms with Crippen molar-refractivity contribution in [2.24, 2.45) is 0 Å². The molecule has 0 bridgehead atoms. The van der Waals surface area contributed by atoms with Gasteiger partial charge in [0.05, 0.1) is 9.99 Å². The fraction of sp³-hybridized carbons (Fsp3) is 0. The molecular formula is C8H4BrF2N. The summed E-state index contributed by atoms with van der Waals surface area (Å²) in [6.07, 6.45) is 1.57. The number of H-pyrrole nitrogens is 1. The van der Waals surface area contributed by atoms with Gasteiger partial charge in [0, 0.05) is 17.6 Å². The number of aromatic amines is 1. The number of hydrogen-bond donors (Lipinski definition) is 1. The van der Waals surface area contributed by atoms with Crippen LogP contribution < -0.4 is 0 Å². The lowest BCUT2D eigenvalue weighted by atomic mass is 10.2. The molecule has 0 aliphatic carbocycles. The van der Waals surface area contributed by atoms with E-state index in [1.54, 1.807) is 12.3 Å². The van der Waals surface area contributed by atoms with E-state index in [4.69, 9.17) is 0 Å². The largest absolute Gasteiger partial charge is 0.359 e. The van der Waals surface area contributed by atoms with Crippen LogP contribution >= 0.6 is 15.9 Å². The molecule has 0 saturated heterocycles. The highest BCUT2D eigenvalue weighted by Crippen LogP contribution is 2.27. The van der Waals surface area contributed by atoms with E-state index in [-0.39, 0.29) is 0 Å². The lowest BCUT2D eigenvalue weighted by molar-refractivity contribution is 0.587. The number of benzene rings is 1. The minimum atomic E-state index is -0.584. The van der Waals surface area contributed by atoms with Crippen molar-refractivity contribution in [3.8, 4) is 0 Å². The third-order valence-electron chi connectivity index (χ3n) is 1.69. The molecule has 12 heavy (non-hydrogen) atoms. The normalized spacial score (nSPS) is 10.9. The second-order valence-corrected chi connectivity index (χ2v) is 3.21. The zero-order valence-electron chi connectivity index (χ0n) is 5.87. The van der Waals surface area contributed by atoms with Crippen molar-refractivity contribution in [1.29, 1.82) is 0 Å². The third-order valence-corrected chi connectivity index (χ3v) is 2.49. The Morgan fingerprint density at radius 3 is 2.75 bits per heavy atom. The molecule has 1 heterocycles. The van der Waals surface area contributed by atoms with Crippen LogP contribution in [0.3, 0.4) is 0 Å². The molecule has 0 aliphatic rings. The molecule has 1 N–H and O–H groups in total. The Balaban J connectivity index is 2.97. The summed E-state index contributed by atoms with van der Waals surface area (Å²) in [5.41, 5.74) is 0.322. The molecule has 0 aliphatic heterocycles. The standard InChI is InChI=1S/C8H4BrF2N/c9-7-4-1-2-12-8(4)6(11)3-5(7)10/h1-3,12H. The van der Waals surface area contributed by atoms with E-state index in [2.05, 4.69) is 20.9 Å². The van der Waals surface area contributed by atoms with Crippen molar-refractivity contribution < 1.29 is 8.78 Å². The van der Waals surface area contributed by atoms with Crippen molar-refractivity contribution in [1.82, 2.24) is 4.98 Å². The molecule has 4 heteroatoms. The van der Waals surface area contributed by atoms with Gasteiger partial charge in [0.25, 0.3) is 0 Å². The topological polar surface area (TPSA) is 15.8 Å². The summed E-state index contributed by atoms with van der Waals surface area (Å²) in [6, 6.07) is 2.47. The summed E-state index contributed by atoms with van der Waals surface area (Å²) in [7, 11) is 0. The van der Waals surface area contributed by atoms with Crippen LogP contribution in [0.25, 0.3) is 10.9 Å². The average Bonchev–Trinajstić information content (AvgIpc) is 2.48. The van der Waals surface area contributed by atoms with Gasteiger partial charge in [-0.15, -0.1) is 0 Å². The molecule has 0 radical (unpaired) electrons. The maximum absolute atomic E-state index is 13.0. The minimum Gasteiger partial charge on any atom is -0.359 e. The molecule has 0 spiro atoms. The Morgan fingerprint density at radius 2 is 2.00 bits per heavy atom. The van der Waals surface area contributed by atoms with Crippen molar-refractivity contribution >= 4 is 26.8 Å². The molecule has 1 nitrogen and oxygen atoms in total. The van der Waals surface area contributed by atoms with Crippen molar-refractivity contribution in [2.45, 2.75) is 0 Å². The lowest BCUT2D eigenvalue weighted by Gasteiger charge is -1.97. The van der Waals surface area contributed by atoms with Gasteiger partial charge in [0.2, 0.25) is 0 Å². The second-order valence-electron chi connectivity index (χ2n) is 2.42. The van der Waals surface area contributed by atoms with E-state index < -0.39 is 11.6 Å². The van der Waals surface area contributed by atoms with Gasteiger partial charge in [-0.25, -0.2) is 8.78 Å². The van der Waals surface area contributed by atoms with Crippen LogP contribution in [0.1, 0.15) is 0 Å². The molecule has 2 aromatic rings. The smallest absolute Gasteiger partial charge is 0.150 e. The van der Waals surface area contributed by atoms with Crippen LogP contribution in [-0.2, 0) is 0 Å². The average molecular weight is 232 g/mol. The van der Waals surface area contributed by atoms with Crippen LogP contribution in [0.5, 0.6) is 0 Å². The van der Waals surface area contributed by atoms with Crippen molar-refractivity contribution in [3.63, 3.8) is 0 Å². The van der Waals surface area contributed by atoms with Crippen molar-refractivity contribution in [2.75, 3.05) is 0 Å². The van der Waals surface area contributed by atoms with E-state index >= 15 is 0 Å². The van der Waals surface area contributed by atoms with Gasteiger partial charge in [-0.3, -0.25) is 0 Å². The fourth-order valence-corrected chi connectivity index (χ4v) is 1.57. The van der Waals surface area contributed by atoms with E-state index in [0.717, 1.165) is 6.07 Å². The minimum absolute atomic E-state index is 0.292. The van der Waals surface area contributed by atoms with Crippen LogP contribution in [0, 0.1) is 11.6 Å². The van der Waals surface area contributed by atoms with Gasteiger partial charge in [-0.1, -0.05) is 0 Å². The summed E-state index contributed by atoms with van der Waals surface area (Å²) in [5, 5.41) is 0.521. The van der Waals surface area contributed by atoms with Gasteiger partial charge in [0.1, 0.15) is 11.6 Å². The van der Waals surface area contributed by atoms with Crippen LogP contribution in [0.2, 0.25) is 0 Å². The lowest BCUT2D eigenvalue weighted by Crippen LogP contribution is -1.83. The Labute approximate surface area is 75.5 Å². The van der Waals surface area contributed by atoms with Crippen molar-refractivity contribution in [3.05, 3.63) is 34.4 Å². The summed E-state index contributed by atoms with van der Waals surface area (Å²) in [5.74, 6) is -1.16. The zero-order chi connectivity index (χ0) is 8.72. The zero-order valence-corrected chi connectivity index (χ0v) is 7.45. The predicted octanol–water partition coefficient (Wildman–Crippen LogP) is 3.21. The molecule has 1 aromatic carbocycles. The highest BCUT2D eigenvalue weighted by atomic mass is 79.9. The van der Waals surface area contributed by atoms with Gasteiger partial charge in [-0.2, -0.15) is 0 Å². The Hall–Kier alpha value is -0.900. The van der Waals surface area contributed by atoms with Gasteiger partial charge in [0.15, 0.2) is 0 Å². The maximum atomic E-state index is 13.0.